The van der Waals surface area contributed by atoms with E-state index in [-0.39, 0.29) is 0 Å². The number of hydrogen-bond acceptors (Lipinski definition) is 11. The van der Waals surface area contributed by atoms with Gasteiger partial charge in [-0.1, -0.05) is 17.7 Å². The number of aryl methyl sites for hydroxylation is 2. The van der Waals surface area contributed by atoms with Crippen LogP contribution in [0.3, 0.4) is 0 Å². The lowest BCUT2D eigenvalue weighted by atomic mass is 10.2. The van der Waals surface area contributed by atoms with E-state index in [9.17, 15) is 0 Å². The van der Waals surface area contributed by atoms with Crippen LogP contribution < -0.4 is 14.8 Å². The Morgan fingerprint density at radius 3 is 1.93 bits per heavy atom. The molecule has 12 heteroatoms. The van der Waals surface area contributed by atoms with Crippen molar-refractivity contribution in [2.75, 3.05) is 18.5 Å². The van der Waals surface area contributed by atoms with E-state index in [1.807, 2.05) is 55.5 Å². The van der Waals surface area contributed by atoms with Crippen molar-refractivity contribution < 1.29 is 9.47 Å². The number of fused-ring (bicyclic) bond motifs is 3. The average molecular weight is 652 g/mol. The van der Waals surface area contributed by atoms with Gasteiger partial charge < -0.3 is 14.8 Å². The summed E-state index contributed by atoms with van der Waals surface area (Å²) in [7, 11) is 0. The molecule has 1 N–H and O–H groups in total. The van der Waals surface area contributed by atoms with E-state index < -0.39 is 0 Å². The third-order valence-corrected chi connectivity index (χ3v) is 9.11. The molecule has 0 saturated heterocycles. The molecule has 0 fully saturated rings. The van der Waals surface area contributed by atoms with Crippen LogP contribution in [0.25, 0.3) is 43.2 Å². The van der Waals surface area contributed by atoms with Gasteiger partial charge in [-0.3, -0.25) is 9.97 Å². The molecular weight excluding hydrogens is 626 g/mol. The van der Waals surface area contributed by atoms with Crippen LogP contribution in [0, 0.1) is 13.8 Å². The summed E-state index contributed by atoms with van der Waals surface area (Å²) in [5.74, 6) is 3.76. The SMILES string of the molecule is Cc1cc2c(Cl)nc(-c3ccncc3)nc2s1.Cc1cc2c(NCc3ccc4c(c3)OCCO4)nc(-c3ccncc3)nc2s1. The number of ether oxygens (including phenoxy) is 2. The summed E-state index contributed by atoms with van der Waals surface area (Å²) < 4.78 is 11.3. The van der Waals surface area contributed by atoms with E-state index in [0.717, 1.165) is 54.4 Å². The Balaban J connectivity index is 0.000000163. The molecule has 8 rings (SSSR count). The van der Waals surface area contributed by atoms with Crippen LogP contribution in [0.1, 0.15) is 15.3 Å². The van der Waals surface area contributed by atoms with E-state index in [2.05, 4.69) is 38.2 Å². The zero-order chi connectivity index (χ0) is 30.8. The number of nitrogens with zero attached hydrogens (tertiary/aromatic N) is 6. The summed E-state index contributed by atoms with van der Waals surface area (Å²) in [6, 6.07) is 17.7. The minimum absolute atomic E-state index is 0.506. The lowest BCUT2D eigenvalue weighted by Crippen LogP contribution is -2.15. The lowest BCUT2D eigenvalue weighted by molar-refractivity contribution is 0.171. The van der Waals surface area contributed by atoms with Gasteiger partial charge in [0.05, 0.1) is 5.39 Å². The van der Waals surface area contributed by atoms with Gasteiger partial charge in [0.1, 0.15) is 33.8 Å². The van der Waals surface area contributed by atoms with Gasteiger partial charge in [-0.25, -0.2) is 19.9 Å². The Morgan fingerprint density at radius 1 is 0.689 bits per heavy atom. The predicted octanol–water partition coefficient (Wildman–Crippen LogP) is 8.16. The number of nitrogens with one attached hydrogen (secondary N) is 1. The highest BCUT2D eigenvalue weighted by atomic mass is 35.5. The van der Waals surface area contributed by atoms with Crippen molar-refractivity contribution in [1.29, 1.82) is 0 Å². The van der Waals surface area contributed by atoms with Crippen molar-refractivity contribution in [2.45, 2.75) is 20.4 Å². The highest BCUT2D eigenvalue weighted by Crippen LogP contribution is 2.34. The molecule has 0 atom stereocenters. The summed E-state index contributed by atoms with van der Waals surface area (Å²) >= 11 is 9.46. The molecule has 45 heavy (non-hydrogen) atoms. The first-order valence-electron chi connectivity index (χ1n) is 14.2. The van der Waals surface area contributed by atoms with Crippen molar-refractivity contribution in [2.24, 2.45) is 0 Å². The molecule has 0 spiro atoms. The molecule has 0 saturated carbocycles. The largest absolute Gasteiger partial charge is 0.486 e. The standard InChI is InChI=1S/C21H18N4O2S.C12H8ClN3S/c1-13-10-16-20(23-12-14-2-3-17-18(11-14)27-9-8-26-17)24-19(25-21(16)28-13)15-4-6-22-7-5-15;1-7-6-9-10(13)15-11(16-12(9)17-7)8-2-4-14-5-3-8/h2-7,10-11H,8-9,12H2,1H3,(H,23,24,25);2-6H,1H3. The van der Waals surface area contributed by atoms with Gasteiger partial charge >= 0.3 is 0 Å². The Labute approximate surface area is 272 Å². The van der Waals surface area contributed by atoms with Crippen LogP contribution in [0.15, 0.2) is 79.4 Å². The maximum absolute atomic E-state index is 6.17. The fraction of sp³-hybridized carbons (Fsp3) is 0.152. The molecule has 224 valence electrons. The smallest absolute Gasteiger partial charge is 0.163 e. The zero-order valence-electron chi connectivity index (χ0n) is 24.3. The molecule has 0 unspecified atom stereocenters. The molecule has 0 aliphatic carbocycles. The van der Waals surface area contributed by atoms with Crippen LogP contribution in [-0.4, -0.2) is 43.1 Å². The van der Waals surface area contributed by atoms with Gasteiger partial charge in [-0.15, -0.1) is 22.7 Å². The number of thiophene rings is 2. The summed E-state index contributed by atoms with van der Waals surface area (Å²) in [6.45, 7) is 5.93. The predicted molar refractivity (Wildman–Crippen MR) is 181 cm³/mol. The van der Waals surface area contributed by atoms with Crippen molar-refractivity contribution in [1.82, 2.24) is 29.9 Å². The molecule has 0 radical (unpaired) electrons. The van der Waals surface area contributed by atoms with Crippen molar-refractivity contribution in [3.05, 3.63) is 99.9 Å². The van der Waals surface area contributed by atoms with Crippen LogP contribution in [0.4, 0.5) is 5.82 Å². The number of pyridine rings is 2. The highest BCUT2D eigenvalue weighted by Gasteiger charge is 2.15. The number of rotatable bonds is 5. The topological polar surface area (TPSA) is 108 Å². The second-order valence-electron chi connectivity index (χ2n) is 10.2. The van der Waals surface area contributed by atoms with E-state index in [1.54, 1.807) is 47.5 Å². The maximum atomic E-state index is 6.17. The average Bonchev–Trinajstić information content (AvgIpc) is 3.65. The van der Waals surface area contributed by atoms with Gasteiger partial charge in [0.25, 0.3) is 0 Å². The molecule has 6 aromatic heterocycles. The van der Waals surface area contributed by atoms with E-state index in [0.29, 0.717) is 36.6 Å². The van der Waals surface area contributed by atoms with Gasteiger partial charge in [-0.05, 0) is 67.9 Å². The molecule has 1 aliphatic heterocycles. The monoisotopic (exact) mass is 651 g/mol. The molecule has 1 aliphatic rings. The van der Waals surface area contributed by atoms with Crippen molar-refractivity contribution in [3.8, 4) is 34.3 Å². The van der Waals surface area contributed by atoms with E-state index >= 15 is 0 Å². The normalized spacial score (nSPS) is 12.2. The van der Waals surface area contributed by atoms with Gasteiger partial charge in [0, 0.05) is 57.6 Å². The summed E-state index contributed by atoms with van der Waals surface area (Å²) in [5, 5.41) is 5.95. The molecule has 1 aromatic carbocycles. The summed E-state index contributed by atoms with van der Waals surface area (Å²) in [5.41, 5.74) is 2.98. The fourth-order valence-corrected chi connectivity index (χ4v) is 6.87. The van der Waals surface area contributed by atoms with E-state index in [4.69, 9.17) is 31.0 Å². The first-order valence-corrected chi connectivity index (χ1v) is 16.2. The van der Waals surface area contributed by atoms with Crippen LogP contribution in [0.2, 0.25) is 5.15 Å². The zero-order valence-corrected chi connectivity index (χ0v) is 26.7. The third-order valence-electron chi connectivity index (χ3n) is 6.93. The Kier molecular flexibility index (Phi) is 8.21. The number of anilines is 1. The van der Waals surface area contributed by atoms with E-state index in [1.165, 1.54) is 9.75 Å². The fourth-order valence-electron chi connectivity index (χ4n) is 4.83. The molecule has 7 aromatic rings. The van der Waals surface area contributed by atoms with Gasteiger partial charge in [0.15, 0.2) is 23.1 Å². The minimum Gasteiger partial charge on any atom is -0.486 e. The Bertz CT molecular complexity index is 2120. The molecule has 0 bridgehead atoms. The number of benzene rings is 1. The second-order valence-corrected chi connectivity index (χ2v) is 13.0. The highest BCUT2D eigenvalue weighted by molar-refractivity contribution is 7.19. The third kappa shape index (κ3) is 6.41. The minimum atomic E-state index is 0.506. The second kappa shape index (κ2) is 12.7. The maximum Gasteiger partial charge on any atom is 0.163 e. The Morgan fingerprint density at radius 2 is 1.27 bits per heavy atom. The first-order chi connectivity index (χ1) is 22.0. The first kappa shape index (κ1) is 29.0. The van der Waals surface area contributed by atoms with Crippen LogP contribution in [0.5, 0.6) is 11.5 Å². The lowest BCUT2D eigenvalue weighted by Gasteiger charge is -2.19. The quantitative estimate of drug-likeness (QED) is 0.184. The molecule has 7 heterocycles. The van der Waals surface area contributed by atoms with Crippen LogP contribution >= 0.6 is 34.3 Å². The molecule has 0 amide bonds. The van der Waals surface area contributed by atoms with Crippen molar-refractivity contribution in [3.63, 3.8) is 0 Å². The van der Waals surface area contributed by atoms with Gasteiger partial charge in [-0.2, -0.15) is 0 Å². The number of halogens is 1. The summed E-state index contributed by atoms with van der Waals surface area (Å²) in [4.78, 5) is 30.7. The van der Waals surface area contributed by atoms with Crippen LogP contribution in [-0.2, 0) is 6.54 Å². The number of hydrogen-bond donors (Lipinski definition) is 1. The summed E-state index contributed by atoms with van der Waals surface area (Å²) in [6.07, 6.45) is 6.95. The van der Waals surface area contributed by atoms with Gasteiger partial charge in [0.2, 0.25) is 0 Å². The molecule has 9 nitrogen and oxygen atoms in total. The number of aromatic nitrogens is 6. The van der Waals surface area contributed by atoms with Crippen molar-refractivity contribution >= 4 is 60.5 Å². The Hall–Kier alpha value is -4.71. The molecular formula is C33H26ClN7O2S2.